The van der Waals surface area contributed by atoms with E-state index in [4.69, 9.17) is 4.98 Å². The average molecular weight is 682 g/mol. The highest BCUT2D eigenvalue weighted by atomic mass is 19.4. The van der Waals surface area contributed by atoms with Gasteiger partial charge in [-0.1, -0.05) is 60.7 Å². The number of aromatic amines is 1. The first-order chi connectivity index (χ1) is 24.1. The zero-order valence-electron chi connectivity index (χ0n) is 27.5. The molecule has 1 aliphatic heterocycles. The maximum Gasteiger partial charge on any atom is 0.416 e. The van der Waals surface area contributed by atoms with E-state index in [2.05, 4.69) is 25.8 Å². The van der Waals surface area contributed by atoms with Crippen LogP contribution >= 0.6 is 0 Å². The Kier molecular flexibility index (Phi) is 10.5. The van der Waals surface area contributed by atoms with E-state index in [0.29, 0.717) is 41.5 Å². The molecule has 0 bridgehead atoms. The SMILES string of the molecule is Cc1[nH]c(-c2ccc(C(F)(F)F)cc2)nc1CN1CCC(N(Cc2ccc(NC(=O)Nc3ccccc3)cc2)C(=O)Nc2ccccc2)CC1. The molecule has 1 saturated heterocycles. The fraction of sp³-hybridized carbons (Fsp3) is 0.237. The van der Waals surface area contributed by atoms with E-state index in [0.717, 1.165) is 55.0 Å². The highest BCUT2D eigenvalue weighted by Crippen LogP contribution is 2.31. The number of anilines is 3. The van der Waals surface area contributed by atoms with E-state index >= 15 is 0 Å². The van der Waals surface area contributed by atoms with E-state index < -0.39 is 11.7 Å². The largest absolute Gasteiger partial charge is 0.416 e. The third kappa shape index (κ3) is 8.88. The standard InChI is InChI=1S/C38H38F3N7O2/c1-26-34(46-35(42-26)28-14-16-29(17-15-28)38(39,40)41)25-47-22-20-33(21-23-47)48(37(50)45-31-10-6-3-7-11-31)24-27-12-18-32(19-13-27)44-36(49)43-30-8-4-2-5-9-30/h2-19,33H,20-25H2,1H3,(H,42,46)(H,45,50)(H2,43,44,49). The Balaban J connectivity index is 1.09. The fourth-order valence-corrected chi connectivity index (χ4v) is 5.99. The minimum Gasteiger partial charge on any atom is -0.342 e. The van der Waals surface area contributed by atoms with Crippen molar-refractivity contribution in [3.05, 3.63) is 132 Å². The number of alkyl halides is 3. The number of amides is 4. The molecule has 0 radical (unpaired) electrons. The number of carbonyl (C=O) groups excluding carboxylic acids is 2. The molecule has 1 aliphatic rings. The lowest BCUT2D eigenvalue weighted by Crippen LogP contribution is -2.48. The first-order valence-electron chi connectivity index (χ1n) is 16.4. The zero-order valence-corrected chi connectivity index (χ0v) is 27.5. The van der Waals surface area contributed by atoms with Gasteiger partial charge in [-0.25, -0.2) is 14.6 Å². The van der Waals surface area contributed by atoms with Gasteiger partial charge in [0.25, 0.3) is 0 Å². The number of nitrogens with zero attached hydrogens (tertiary/aromatic N) is 3. The average Bonchev–Trinajstić information content (AvgIpc) is 3.48. The Hall–Kier alpha value is -5.62. The van der Waals surface area contributed by atoms with Gasteiger partial charge >= 0.3 is 18.2 Å². The second-order valence-corrected chi connectivity index (χ2v) is 12.3. The molecule has 0 spiro atoms. The lowest BCUT2D eigenvalue weighted by atomic mass is 10.0. The van der Waals surface area contributed by atoms with Crippen molar-refractivity contribution >= 4 is 29.1 Å². The third-order valence-corrected chi connectivity index (χ3v) is 8.72. The maximum absolute atomic E-state index is 13.7. The van der Waals surface area contributed by atoms with Gasteiger partial charge in [0.2, 0.25) is 0 Å². The molecule has 0 saturated carbocycles. The van der Waals surface area contributed by atoms with Gasteiger partial charge in [-0.15, -0.1) is 0 Å². The maximum atomic E-state index is 13.7. The van der Waals surface area contributed by atoms with Crippen molar-refractivity contribution in [1.82, 2.24) is 19.8 Å². The molecule has 5 aromatic rings. The Labute approximate surface area is 288 Å². The predicted molar refractivity (Wildman–Crippen MR) is 189 cm³/mol. The van der Waals surface area contributed by atoms with E-state index in [1.165, 1.54) is 12.1 Å². The summed E-state index contributed by atoms with van der Waals surface area (Å²) in [5, 5.41) is 8.68. The number of urea groups is 2. The number of nitrogens with one attached hydrogen (secondary N) is 4. The first kappa shape index (κ1) is 34.3. The van der Waals surface area contributed by atoms with Crippen LogP contribution < -0.4 is 16.0 Å². The number of imidazole rings is 1. The van der Waals surface area contributed by atoms with Crippen LogP contribution in [0.3, 0.4) is 0 Å². The molecule has 12 heteroatoms. The normalized spacial score (nSPS) is 13.8. The Morgan fingerprint density at radius 2 is 1.36 bits per heavy atom. The monoisotopic (exact) mass is 681 g/mol. The molecule has 6 rings (SSSR count). The molecule has 0 aliphatic carbocycles. The van der Waals surface area contributed by atoms with Crippen molar-refractivity contribution in [2.45, 2.75) is 45.1 Å². The van der Waals surface area contributed by atoms with E-state index in [-0.39, 0.29) is 18.1 Å². The van der Waals surface area contributed by atoms with Crippen molar-refractivity contribution in [3.63, 3.8) is 0 Å². The Morgan fingerprint density at radius 1 is 0.800 bits per heavy atom. The third-order valence-electron chi connectivity index (χ3n) is 8.72. The van der Waals surface area contributed by atoms with Gasteiger partial charge in [-0.3, -0.25) is 4.90 Å². The van der Waals surface area contributed by atoms with Crippen molar-refractivity contribution in [2.75, 3.05) is 29.0 Å². The number of H-pyrrole nitrogens is 1. The summed E-state index contributed by atoms with van der Waals surface area (Å²) in [6.07, 6.45) is -2.90. The fourth-order valence-electron chi connectivity index (χ4n) is 5.99. The minimum absolute atomic E-state index is 0.0209. The van der Waals surface area contributed by atoms with Gasteiger partial charge in [0.05, 0.1) is 11.3 Å². The van der Waals surface area contributed by atoms with Crippen LogP contribution in [0.5, 0.6) is 0 Å². The summed E-state index contributed by atoms with van der Waals surface area (Å²) in [5.74, 6) is 0.530. The summed E-state index contributed by atoms with van der Waals surface area (Å²) in [4.78, 5) is 38.2. The molecule has 50 heavy (non-hydrogen) atoms. The number of piperidine rings is 1. The summed E-state index contributed by atoms with van der Waals surface area (Å²) in [5.41, 5.74) is 4.54. The van der Waals surface area contributed by atoms with Gasteiger partial charge in [0.15, 0.2) is 0 Å². The van der Waals surface area contributed by atoms with Crippen molar-refractivity contribution < 1.29 is 22.8 Å². The number of hydrogen-bond acceptors (Lipinski definition) is 4. The lowest BCUT2D eigenvalue weighted by Gasteiger charge is -2.38. The highest BCUT2D eigenvalue weighted by Gasteiger charge is 2.31. The molecule has 9 nitrogen and oxygen atoms in total. The molecule has 0 atom stereocenters. The van der Waals surface area contributed by atoms with Crippen molar-refractivity contribution in [3.8, 4) is 11.4 Å². The lowest BCUT2D eigenvalue weighted by molar-refractivity contribution is -0.137. The molecule has 4 aromatic carbocycles. The second-order valence-electron chi connectivity index (χ2n) is 12.3. The molecule has 1 fully saturated rings. The zero-order chi connectivity index (χ0) is 35.1. The predicted octanol–water partition coefficient (Wildman–Crippen LogP) is 8.75. The molecule has 4 amide bonds. The van der Waals surface area contributed by atoms with Crippen LogP contribution in [0.25, 0.3) is 11.4 Å². The van der Waals surface area contributed by atoms with E-state index in [9.17, 15) is 22.8 Å². The number of halogens is 3. The second kappa shape index (κ2) is 15.3. The van der Waals surface area contributed by atoms with Crippen LogP contribution in [0.2, 0.25) is 0 Å². The van der Waals surface area contributed by atoms with E-state index in [1.807, 2.05) is 96.8 Å². The molecular formula is C38H38F3N7O2. The van der Waals surface area contributed by atoms with Gasteiger partial charge in [0.1, 0.15) is 5.82 Å². The van der Waals surface area contributed by atoms with Crippen LogP contribution in [-0.2, 0) is 19.3 Å². The van der Waals surface area contributed by atoms with Crippen LogP contribution in [-0.4, -0.2) is 51.0 Å². The number of benzene rings is 4. The van der Waals surface area contributed by atoms with Crippen LogP contribution in [0.1, 0.15) is 35.4 Å². The van der Waals surface area contributed by atoms with Gasteiger partial charge < -0.3 is 25.8 Å². The first-order valence-corrected chi connectivity index (χ1v) is 16.4. The van der Waals surface area contributed by atoms with Crippen LogP contribution in [0, 0.1) is 6.92 Å². The van der Waals surface area contributed by atoms with Gasteiger partial charge in [-0.05, 0) is 73.9 Å². The van der Waals surface area contributed by atoms with Crippen molar-refractivity contribution in [2.24, 2.45) is 0 Å². The summed E-state index contributed by atoms with van der Waals surface area (Å²) >= 11 is 0. The Morgan fingerprint density at radius 3 is 1.94 bits per heavy atom. The van der Waals surface area contributed by atoms with E-state index in [1.54, 1.807) is 0 Å². The molecule has 2 heterocycles. The molecular weight excluding hydrogens is 643 g/mol. The molecule has 4 N–H and O–H groups in total. The molecule has 0 unspecified atom stereocenters. The summed E-state index contributed by atoms with van der Waals surface area (Å²) < 4.78 is 39.1. The summed E-state index contributed by atoms with van der Waals surface area (Å²) in [7, 11) is 0. The molecule has 1 aromatic heterocycles. The number of para-hydroxylation sites is 2. The number of hydrogen-bond donors (Lipinski definition) is 4. The number of rotatable bonds is 9. The number of likely N-dealkylation sites (tertiary alicyclic amines) is 1. The van der Waals surface area contributed by atoms with Crippen molar-refractivity contribution in [1.29, 1.82) is 0 Å². The summed E-state index contributed by atoms with van der Waals surface area (Å²) in [6.45, 7) is 4.35. The summed E-state index contributed by atoms with van der Waals surface area (Å²) in [6, 6.07) is 30.4. The Bertz CT molecular complexity index is 1870. The quantitative estimate of drug-likeness (QED) is 0.125. The number of carbonyl (C=O) groups is 2. The highest BCUT2D eigenvalue weighted by molar-refractivity contribution is 5.99. The smallest absolute Gasteiger partial charge is 0.342 e. The van der Waals surface area contributed by atoms with Gasteiger partial charge in [-0.2, -0.15) is 13.2 Å². The number of aryl methyl sites for hydroxylation is 1. The van der Waals surface area contributed by atoms with Crippen LogP contribution in [0.4, 0.5) is 39.8 Å². The topological polar surface area (TPSA) is 105 Å². The molecule has 258 valence electrons. The minimum atomic E-state index is -4.39. The van der Waals surface area contributed by atoms with Gasteiger partial charge in [0, 0.05) is 60.5 Å². The number of aromatic nitrogens is 2. The van der Waals surface area contributed by atoms with Crippen LogP contribution in [0.15, 0.2) is 109 Å².